The van der Waals surface area contributed by atoms with Crippen LogP contribution in [0.1, 0.15) is 34.6 Å². The fourth-order valence-corrected chi connectivity index (χ4v) is 3.11. The number of nitrogens with one attached hydrogen (secondary N) is 2. The second-order valence-corrected chi connectivity index (χ2v) is 6.88. The minimum Gasteiger partial charge on any atom is -0.376 e. The number of H-pyrrole nitrogens is 1. The summed E-state index contributed by atoms with van der Waals surface area (Å²) in [4.78, 5) is 33.7. The van der Waals surface area contributed by atoms with Gasteiger partial charge in [-0.1, -0.05) is 6.07 Å². The molecular formula is C20H26N4O3. The molecule has 1 aliphatic heterocycles. The van der Waals surface area contributed by atoms with Crippen molar-refractivity contribution < 1.29 is 9.53 Å². The largest absolute Gasteiger partial charge is 0.376 e. The van der Waals surface area contributed by atoms with Gasteiger partial charge in [-0.25, -0.2) is 0 Å². The Labute approximate surface area is 158 Å². The van der Waals surface area contributed by atoms with Crippen LogP contribution in [0.3, 0.4) is 0 Å². The number of carbonyl (C=O) groups is 1. The summed E-state index contributed by atoms with van der Waals surface area (Å²) < 4.78 is 5.48. The highest BCUT2D eigenvalue weighted by Crippen LogP contribution is 2.10. The molecule has 1 fully saturated rings. The topological polar surface area (TPSA) is 87.3 Å². The Morgan fingerprint density at radius 3 is 2.96 bits per heavy atom. The molecule has 1 unspecified atom stereocenters. The molecule has 3 heterocycles. The smallest absolute Gasteiger partial charge is 0.261 e. The molecule has 0 saturated carbocycles. The minimum atomic E-state index is -0.365. The van der Waals surface area contributed by atoms with Crippen molar-refractivity contribution in [2.24, 2.45) is 0 Å². The number of aromatic nitrogens is 2. The fraction of sp³-hybridized carbons (Fsp3) is 0.450. The maximum Gasteiger partial charge on any atom is 0.261 e. The molecule has 2 N–H and O–H groups in total. The number of hydrogen-bond donors (Lipinski definition) is 2. The molecule has 2 aromatic rings. The molecule has 1 amide bonds. The van der Waals surface area contributed by atoms with Crippen molar-refractivity contribution in [2.45, 2.75) is 31.9 Å². The number of ether oxygens (including phenoxy) is 1. The molecule has 7 nitrogen and oxygen atoms in total. The zero-order chi connectivity index (χ0) is 19.1. The zero-order valence-corrected chi connectivity index (χ0v) is 15.6. The van der Waals surface area contributed by atoms with Gasteiger partial charge in [-0.15, -0.1) is 0 Å². The summed E-state index contributed by atoms with van der Waals surface area (Å²) in [6.07, 6.45) is 4.64. The van der Waals surface area contributed by atoms with Crippen molar-refractivity contribution in [1.29, 1.82) is 0 Å². The van der Waals surface area contributed by atoms with Crippen molar-refractivity contribution >= 4 is 5.91 Å². The normalized spacial score (nSPS) is 16.6. The summed E-state index contributed by atoms with van der Waals surface area (Å²) >= 11 is 0. The molecule has 0 aliphatic carbocycles. The molecule has 3 rings (SSSR count). The first-order valence-electron chi connectivity index (χ1n) is 9.32. The lowest BCUT2D eigenvalue weighted by Gasteiger charge is -2.16. The Morgan fingerprint density at radius 2 is 2.26 bits per heavy atom. The molecular weight excluding hydrogens is 344 g/mol. The van der Waals surface area contributed by atoms with Gasteiger partial charge in [0.05, 0.1) is 6.10 Å². The van der Waals surface area contributed by atoms with Crippen LogP contribution in [0.4, 0.5) is 0 Å². The van der Waals surface area contributed by atoms with E-state index in [-0.39, 0.29) is 23.1 Å². The first kappa shape index (κ1) is 19.3. The van der Waals surface area contributed by atoms with Gasteiger partial charge in [-0.05, 0) is 44.2 Å². The maximum absolute atomic E-state index is 12.3. The SMILES string of the molecule is CN(CCc1ccccn1)Cc1ccc(C(=O)NCC2CCCO2)c(=O)[nH]1. The van der Waals surface area contributed by atoms with Gasteiger partial charge in [-0.2, -0.15) is 0 Å². The number of pyridine rings is 2. The monoisotopic (exact) mass is 370 g/mol. The van der Waals surface area contributed by atoms with Gasteiger partial charge in [0.15, 0.2) is 0 Å². The van der Waals surface area contributed by atoms with E-state index in [9.17, 15) is 9.59 Å². The third kappa shape index (κ3) is 5.74. The Morgan fingerprint density at radius 1 is 1.37 bits per heavy atom. The minimum absolute atomic E-state index is 0.0556. The molecule has 1 aliphatic rings. The van der Waals surface area contributed by atoms with E-state index in [1.807, 2.05) is 25.2 Å². The van der Waals surface area contributed by atoms with E-state index < -0.39 is 0 Å². The van der Waals surface area contributed by atoms with Crippen LogP contribution >= 0.6 is 0 Å². The number of amides is 1. The zero-order valence-electron chi connectivity index (χ0n) is 15.6. The lowest BCUT2D eigenvalue weighted by molar-refractivity contribution is 0.0856. The van der Waals surface area contributed by atoms with Crippen LogP contribution in [0.2, 0.25) is 0 Å². The Kier molecular flexibility index (Phi) is 6.73. The number of carbonyl (C=O) groups excluding carboxylic acids is 1. The predicted molar refractivity (Wildman–Crippen MR) is 103 cm³/mol. The number of nitrogens with zero attached hydrogens (tertiary/aromatic N) is 2. The number of hydrogen-bond acceptors (Lipinski definition) is 5. The summed E-state index contributed by atoms with van der Waals surface area (Å²) in [6.45, 7) is 2.60. The molecule has 0 spiro atoms. The second-order valence-electron chi connectivity index (χ2n) is 6.88. The van der Waals surface area contributed by atoms with E-state index >= 15 is 0 Å². The van der Waals surface area contributed by atoms with Crippen LogP contribution in [0.25, 0.3) is 0 Å². The molecule has 1 saturated heterocycles. The van der Waals surface area contributed by atoms with Crippen LogP contribution in [-0.2, 0) is 17.7 Å². The van der Waals surface area contributed by atoms with Crippen LogP contribution in [0.15, 0.2) is 41.3 Å². The van der Waals surface area contributed by atoms with E-state index in [0.29, 0.717) is 13.1 Å². The average molecular weight is 370 g/mol. The number of aromatic amines is 1. The molecule has 7 heteroatoms. The van der Waals surface area contributed by atoms with Gasteiger partial charge < -0.3 is 19.9 Å². The summed E-state index contributed by atoms with van der Waals surface area (Å²) in [6, 6.07) is 9.25. The molecule has 1 atom stereocenters. The standard InChI is InChI=1S/C20H26N4O3/c1-24(11-9-15-5-2-3-10-21-15)14-16-7-8-18(20(26)23-16)19(25)22-13-17-6-4-12-27-17/h2-3,5,7-8,10,17H,4,6,9,11-14H2,1H3,(H,22,25)(H,23,26). The van der Waals surface area contributed by atoms with E-state index in [4.69, 9.17) is 4.74 Å². The highest BCUT2D eigenvalue weighted by Gasteiger charge is 2.18. The van der Waals surface area contributed by atoms with Crippen LogP contribution < -0.4 is 10.9 Å². The van der Waals surface area contributed by atoms with Gasteiger partial charge in [0.25, 0.3) is 11.5 Å². The van der Waals surface area contributed by atoms with E-state index in [1.54, 1.807) is 18.3 Å². The van der Waals surface area contributed by atoms with Crippen LogP contribution in [0, 0.1) is 0 Å². The molecule has 144 valence electrons. The fourth-order valence-electron chi connectivity index (χ4n) is 3.11. The summed E-state index contributed by atoms with van der Waals surface area (Å²) in [5.74, 6) is -0.359. The van der Waals surface area contributed by atoms with Gasteiger partial charge in [-0.3, -0.25) is 14.6 Å². The summed E-state index contributed by atoms with van der Waals surface area (Å²) in [5.41, 5.74) is 1.58. The van der Waals surface area contributed by atoms with Crippen molar-refractivity contribution in [3.63, 3.8) is 0 Å². The highest BCUT2D eigenvalue weighted by atomic mass is 16.5. The number of rotatable bonds is 8. The van der Waals surface area contributed by atoms with Gasteiger partial charge >= 0.3 is 0 Å². The molecule has 0 bridgehead atoms. The van der Waals surface area contributed by atoms with E-state index in [0.717, 1.165) is 43.8 Å². The first-order valence-corrected chi connectivity index (χ1v) is 9.32. The third-order valence-corrected chi connectivity index (χ3v) is 4.64. The summed E-state index contributed by atoms with van der Waals surface area (Å²) in [7, 11) is 1.99. The molecule has 0 aromatic carbocycles. The quantitative estimate of drug-likeness (QED) is 0.733. The Hall–Kier alpha value is -2.51. The van der Waals surface area contributed by atoms with Crippen molar-refractivity contribution in [1.82, 2.24) is 20.2 Å². The maximum atomic E-state index is 12.3. The van der Waals surface area contributed by atoms with Gasteiger partial charge in [0.1, 0.15) is 5.56 Å². The van der Waals surface area contributed by atoms with Gasteiger partial charge in [0.2, 0.25) is 0 Å². The van der Waals surface area contributed by atoms with E-state index in [1.165, 1.54) is 0 Å². The Bertz CT molecular complexity index is 800. The highest BCUT2D eigenvalue weighted by molar-refractivity contribution is 5.93. The molecule has 27 heavy (non-hydrogen) atoms. The Balaban J connectivity index is 1.51. The lowest BCUT2D eigenvalue weighted by Crippen LogP contribution is -2.35. The number of likely N-dealkylation sites (N-methyl/N-ethyl adjacent to an activating group) is 1. The van der Waals surface area contributed by atoms with Crippen molar-refractivity contribution in [2.75, 3.05) is 26.7 Å². The third-order valence-electron chi connectivity index (χ3n) is 4.64. The molecule has 0 radical (unpaired) electrons. The average Bonchev–Trinajstić information content (AvgIpc) is 3.19. The first-order chi connectivity index (χ1) is 13.1. The lowest BCUT2D eigenvalue weighted by atomic mass is 10.2. The van der Waals surface area contributed by atoms with Crippen molar-refractivity contribution in [3.8, 4) is 0 Å². The van der Waals surface area contributed by atoms with Crippen LogP contribution in [0.5, 0.6) is 0 Å². The predicted octanol–water partition coefficient (Wildman–Crippen LogP) is 1.35. The molecule has 2 aromatic heterocycles. The summed E-state index contributed by atoms with van der Waals surface area (Å²) in [5, 5.41) is 2.78. The van der Waals surface area contributed by atoms with Gasteiger partial charge in [0, 0.05) is 50.2 Å². The van der Waals surface area contributed by atoms with Crippen molar-refractivity contribution in [3.05, 3.63) is 63.8 Å². The van der Waals surface area contributed by atoms with E-state index in [2.05, 4.69) is 20.2 Å². The van der Waals surface area contributed by atoms with Crippen LogP contribution in [-0.4, -0.2) is 53.6 Å². The second kappa shape index (κ2) is 9.43.